The molecule has 2 aliphatic rings. The molecule has 0 bridgehead atoms. The molecule has 2 amide bonds. The zero-order valence-electron chi connectivity index (χ0n) is 19.2. The SMILES string of the molecule is COc1cccc(C)c1N(O)C1(C)C=CC=C(OC(=O)CCCCN2C(=O)C=CC2=O)/C1=N\O. The Morgan fingerprint density at radius 1 is 1.21 bits per heavy atom. The van der Waals surface area contributed by atoms with Crippen LogP contribution in [0.4, 0.5) is 5.69 Å². The maximum atomic E-state index is 12.4. The summed E-state index contributed by atoms with van der Waals surface area (Å²) in [5, 5.41) is 25.1. The minimum Gasteiger partial charge on any atom is -0.494 e. The van der Waals surface area contributed by atoms with Gasteiger partial charge in [-0.2, -0.15) is 0 Å². The van der Waals surface area contributed by atoms with Gasteiger partial charge in [0.15, 0.2) is 11.5 Å². The highest BCUT2D eigenvalue weighted by molar-refractivity contribution is 6.13. The molecule has 10 nitrogen and oxygen atoms in total. The van der Waals surface area contributed by atoms with Gasteiger partial charge >= 0.3 is 5.97 Å². The van der Waals surface area contributed by atoms with Crippen molar-refractivity contribution < 1.29 is 34.3 Å². The van der Waals surface area contributed by atoms with Crippen molar-refractivity contribution in [2.45, 2.75) is 38.6 Å². The van der Waals surface area contributed by atoms with Crippen LogP contribution in [0.3, 0.4) is 0 Å². The van der Waals surface area contributed by atoms with Crippen LogP contribution < -0.4 is 9.80 Å². The minimum absolute atomic E-state index is 0.0156. The van der Waals surface area contributed by atoms with Crippen LogP contribution in [0.25, 0.3) is 0 Å². The number of carbonyl (C=O) groups is 3. The standard InChI is InChI=1S/C24H27N3O7/c1-16-8-6-9-17(33-3)22(16)27(32)24(2)14-7-10-18(23(24)25-31)34-21(30)11-4-5-15-26-19(28)12-13-20(26)29/h6-10,12-14,31-32H,4-5,11,15H2,1-3H3/b25-23+. The van der Waals surface area contributed by atoms with Crippen molar-refractivity contribution in [1.82, 2.24) is 4.90 Å². The Labute approximate surface area is 197 Å². The number of anilines is 1. The van der Waals surface area contributed by atoms with E-state index in [-0.39, 0.29) is 36.3 Å². The van der Waals surface area contributed by atoms with Crippen LogP contribution in [0.5, 0.6) is 5.75 Å². The van der Waals surface area contributed by atoms with E-state index in [0.717, 1.165) is 9.96 Å². The average Bonchev–Trinajstić information content (AvgIpc) is 3.13. The number of benzene rings is 1. The number of allylic oxidation sites excluding steroid dienone is 2. The van der Waals surface area contributed by atoms with Crippen molar-refractivity contribution in [3.63, 3.8) is 0 Å². The minimum atomic E-state index is -1.37. The molecular weight excluding hydrogens is 442 g/mol. The Kier molecular flexibility index (Phi) is 7.52. The van der Waals surface area contributed by atoms with Crippen molar-refractivity contribution in [3.05, 3.63) is 59.9 Å². The summed E-state index contributed by atoms with van der Waals surface area (Å²) in [5.41, 5.74) is -0.365. The highest BCUT2D eigenvalue weighted by atomic mass is 16.5. The number of unbranched alkanes of at least 4 members (excludes halogenated alkanes) is 1. The smallest absolute Gasteiger partial charge is 0.311 e. The Morgan fingerprint density at radius 3 is 2.56 bits per heavy atom. The molecule has 10 heteroatoms. The molecule has 34 heavy (non-hydrogen) atoms. The highest BCUT2D eigenvalue weighted by Gasteiger charge is 2.42. The van der Waals surface area contributed by atoms with E-state index in [9.17, 15) is 24.8 Å². The first-order valence-corrected chi connectivity index (χ1v) is 10.7. The third-order valence-corrected chi connectivity index (χ3v) is 5.69. The Balaban J connectivity index is 1.66. The number of imide groups is 1. The normalized spacial score (nSPS) is 20.6. The van der Waals surface area contributed by atoms with Crippen molar-refractivity contribution in [1.29, 1.82) is 0 Å². The van der Waals surface area contributed by atoms with Gasteiger partial charge < -0.3 is 14.7 Å². The second kappa shape index (κ2) is 10.3. The molecular formula is C24H27N3O7. The van der Waals surface area contributed by atoms with Gasteiger partial charge in [0, 0.05) is 25.1 Å². The number of ether oxygens (including phenoxy) is 2. The maximum absolute atomic E-state index is 12.4. The van der Waals surface area contributed by atoms with E-state index in [0.29, 0.717) is 29.8 Å². The molecule has 1 heterocycles. The summed E-state index contributed by atoms with van der Waals surface area (Å²) in [6, 6.07) is 5.26. The van der Waals surface area contributed by atoms with Crippen LogP contribution in [0.2, 0.25) is 0 Å². The summed E-state index contributed by atoms with van der Waals surface area (Å²) in [6.45, 7) is 3.61. The second-order valence-electron chi connectivity index (χ2n) is 8.02. The number of aryl methyl sites for hydroxylation is 1. The summed E-state index contributed by atoms with van der Waals surface area (Å²) in [6.07, 6.45) is 7.91. The first-order chi connectivity index (χ1) is 16.2. The number of amides is 2. The third-order valence-electron chi connectivity index (χ3n) is 5.69. The Hall–Kier alpha value is -3.92. The van der Waals surface area contributed by atoms with Crippen molar-refractivity contribution in [2.75, 3.05) is 18.7 Å². The number of methoxy groups -OCH3 is 1. The van der Waals surface area contributed by atoms with E-state index < -0.39 is 11.5 Å². The number of esters is 1. The maximum Gasteiger partial charge on any atom is 0.311 e. The van der Waals surface area contributed by atoms with Crippen LogP contribution in [0, 0.1) is 6.92 Å². The van der Waals surface area contributed by atoms with Gasteiger partial charge in [0.25, 0.3) is 11.8 Å². The highest BCUT2D eigenvalue weighted by Crippen LogP contribution is 2.38. The number of nitrogens with zero attached hydrogens (tertiary/aromatic N) is 3. The van der Waals surface area contributed by atoms with Gasteiger partial charge in [0.05, 0.1) is 7.11 Å². The predicted molar refractivity (Wildman–Crippen MR) is 123 cm³/mol. The van der Waals surface area contributed by atoms with Gasteiger partial charge in [-0.3, -0.25) is 24.5 Å². The number of carbonyl (C=O) groups excluding carboxylic acids is 3. The molecule has 0 fully saturated rings. The molecule has 1 unspecified atom stereocenters. The van der Waals surface area contributed by atoms with Gasteiger partial charge in [-0.1, -0.05) is 29.4 Å². The van der Waals surface area contributed by atoms with Crippen LogP contribution in [0.1, 0.15) is 31.7 Å². The lowest BCUT2D eigenvalue weighted by Gasteiger charge is -2.38. The van der Waals surface area contributed by atoms with E-state index in [1.807, 2.05) is 0 Å². The van der Waals surface area contributed by atoms with Gasteiger partial charge in [0.1, 0.15) is 17.0 Å². The lowest BCUT2D eigenvalue weighted by Crippen LogP contribution is -2.52. The fraction of sp³-hybridized carbons (Fsp3) is 0.333. The topological polar surface area (TPSA) is 129 Å². The fourth-order valence-corrected chi connectivity index (χ4v) is 3.80. The van der Waals surface area contributed by atoms with E-state index in [1.54, 1.807) is 44.2 Å². The van der Waals surface area contributed by atoms with Crippen molar-refractivity contribution in [3.8, 4) is 5.75 Å². The summed E-state index contributed by atoms with van der Waals surface area (Å²) < 4.78 is 10.8. The monoisotopic (exact) mass is 469 g/mol. The van der Waals surface area contributed by atoms with Gasteiger partial charge in [0.2, 0.25) is 0 Å². The molecule has 3 rings (SSSR count). The number of para-hydroxylation sites is 1. The number of hydrogen-bond donors (Lipinski definition) is 2. The largest absolute Gasteiger partial charge is 0.494 e. The quantitative estimate of drug-likeness (QED) is 0.186. The predicted octanol–water partition coefficient (Wildman–Crippen LogP) is 2.88. The van der Waals surface area contributed by atoms with Crippen LogP contribution >= 0.6 is 0 Å². The van der Waals surface area contributed by atoms with E-state index in [1.165, 1.54) is 25.3 Å². The molecule has 0 aromatic heterocycles. The molecule has 0 saturated carbocycles. The molecule has 1 aliphatic heterocycles. The summed E-state index contributed by atoms with van der Waals surface area (Å²) in [4.78, 5) is 36.7. The zero-order chi connectivity index (χ0) is 24.9. The zero-order valence-corrected chi connectivity index (χ0v) is 19.2. The van der Waals surface area contributed by atoms with Crippen molar-refractivity contribution in [2.24, 2.45) is 5.16 Å². The number of oxime groups is 1. The van der Waals surface area contributed by atoms with E-state index >= 15 is 0 Å². The van der Waals surface area contributed by atoms with E-state index in [2.05, 4.69) is 5.16 Å². The van der Waals surface area contributed by atoms with Crippen LogP contribution in [-0.2, 0) is 19.1 Å². The van der Waals surface area contributed by atoms with Crippen LogP contribution in [-0.4, -0.2) is 58.0 Å². The summed E-state index contributed by atoms with van der Waals surface area (Å²) in [7, 11) is 1.48. The lowest BCUT2D eigenvalue weighted by molar-refractivity contribution is -0.139. The Bertz CT molecular complexity index is 1090. The average molecular weight is 469 g/mol. The molecule has 0 saturated heterocycles. The number of hydroxylamine groups is 1. The summed E-state index contributed by atoms with van der Waals surface area (Å²) >= 11 is 0. The molecule has 0 spiro atoms. The fourth-order valence-electron chi connectivity index (χ4n) is 3.80. The summed E-state index contributed by atoms with van der Waals surface area (Å²) in [5.74, 6) is -0.923. The first kappa shape index (κ1) is 24.7. The Morgan fingerprint density at radius 2 is 1.91 bits per heavy atom. The van der Waals surface area contributed by atoms with Crippen molar-refractivity contribution >= 4 is 29.2 Å². The molecule has 2 N–H and O–H groups in total. The van der Waals surface area contributed by atoms with Gasteiger partial charge in [-0.05, 0) is 44.4 Å². The molecule has 1 aromatic rings. The molecule has 180 valence electrons. The van der Waals surface area contributed by atoms with E-state index in [4.69, 9.17) is 9.47 Å². The van der Waals surface area contributed by atoms with Crippen LogP contribution in [0.15, 0.2) is 59.5 Å². The molecule has 1 aliphatic carbocycles. The molecule has 1 atom stereocenters. The lowest BCUT2D eigenvalue weighted by atomic mass is 9.88. The first-order valence-electron chi connectivity index (χ1n) is 10.7. The third kappa shape index (κ3) is 4.86. The van der Waals surface area contributed by atoms with Gasteiger partial charge in [-0.25, -0.2) is 5.06 Å². The molecule has 1 aromatic carbocycles. The molecule has 0 radical (unpaired) electrons. The number of rotatable bonds is 9. The van der Waals surface area contributed by atoms with Gasteiger partial charge in [-0.15, -0.1) is 0 Å². The second-order valence-corrected chi connectivity index (χ2v) is 8.02. The number of hydrogen-bond acceptors (Lipinski definition) is 9.